The van der Waals surface area contributed by atoms with Crippen LogP contribution in [0, 0.1) is 39.9 Å². The fraction of sp³-hybridized carbons (Fsp3) is 0.862. The molecule has 0 aliphatic heterocycles. The SMILES string of the molecule is CC(C)=CCC[C@@H](C)[C@@]1(O)CC[C@H]2[C@@H]3CC=C4C5(CC5)[C@@H](O)CC[C@]4(C)[C@H]3CC[C@@]21C. The van der Waals surface area contributed by atoms with Crippen LogP contribution in [0.15, 0.2) is 23.3 Å². The van der Waals surface area contributed by atoms with Gasteiger partial charge in [-0.15, -0.1) is 0 Å². The van der Waals surface area contributed by atoms with Crippen molar-refractivity contribution in [2.24, 2.45) is 39.9 Å². The summed E-state index contributed by atoms with van der Waals surface area (Å²) < 4.78 is 0. The van der Waals surface area contributed by atoms with Crippen LogP contribution in [-0.4, -0.2) is 21.9 Å². The number of hydrogen-bond donors (Lipinski definition) is 2. The predicted molar refractivity (Wildman–Crippen MR) is 128 cm³/mol. The van der Waals surface area contributed by atoms with Gasteiger partial charge >= 0.3 is 0 Å². The third-order valence-electron chi connectivity index (χ3n) is 11.5. The summed E-state index contributed by atoms with van der Waals surface area (Å²) in [6.07, 6.45) is 17.4. The van der Waals surface area contributed by atoms with Crippen molar-refractivity contribution in [2.45, 2.75) is 117 Å². The first kappa shape index (κ1) is 22.2. The molecule has 0 aromatic carbocycles. The summed E-state index contributed by atoms with van der Waals surface area (Å²) in [4.78, 5) is 0. The molecule has 0 amide bonds. The maximum absolute atomic E-state index is 12.1. The van der Waals surface area contributed by atoms with Gasteiger partial charge in [-0.25, -0.2) is 0 Å². The molecule has 5 rings (SSSR count). The topological polar surface area (TPSA) is 40.5 Å². The van der Waals surface area contributed by atoms with Crippen LogP contribution in [0.1, 0.15) is 105 Å². The maximum atomic E-state index is 12.1. The van der Waals surface area contributed by atoms with Gasteiger partial charge in [-0.3, -0.25) is 0 Å². The molecule has 0 aromatic rings. The first-order chi connectivity index (χ1) is 14.6. The minimum Gasteiger partial charge on any atom is -0.392 e. The van der Waals surface area contributed by atoms with Crippen molar-refractivity contribution < 1.29 is 10.2 Å². The van der Waals surface area contributed by atoms with Gasteiger partial charge in [0.05, 0.1) is 11.7 Å². The van der Waals surface area contributed by atoms with Crippen molar-refractivity contribution in [3.63, 3.8) is 0 Å². The largest absolute Gasteiger partial charge is 0.392 e. The van der Waals surface area contributed by atoms with Gasteiger partial charge in [0, 0.05) is 5.41 Å². The van der Waals surface area contributed by atoms with Gasteiger partial charge in [0.25, 0.3) is 0 Å². The Kier molecular flexibility index (Phi) is 5.16. The molecule has 8 atom stereocenters. The molecule has 4 saturated carbocycles. The zero-order chi connectivity index (χ0) is 22.2. The Labute approximate surface area is 190 Å². The molecule has 2 N–H and O–H groups in total. The highest BCUT2D eigenvalue weighted by atomic mass is 16.3. The number of fused-ring (bicyclic) bond motifs is 6. The molecule has 0 radical (unpaired) electrons. The summed E-state index contributed by atoms with van der Waals surface area (Å²) in [6, 6.07) is 0. The number of aliphatic hydroxyl groups is 2. The lowest BCUT2D eigenvalue weighted by molar-refractivity contribution is -0.151. The van der Waals surface area contributed by atoms with Crippen LogP contribution in [0.3, 0.4) is 0 Å². The number of hydrogen-bond acceptors (Lipinski definition) is 2. The molecule has 0 heterocycles. The van der Waals surface area contributed by atoms with E-state index in [0.717, 1.165) is 43.9 Å². The summed E-state index contributed by atoms with van der Waals surface area (Å²) in [7, 11) is 0. The maximum Gasteiger partial charge on any atom is 0.0729 e. The highest BCUT2D eigenvalue weighted by Crippen LogP contribution is 2.73. The van der Waals surface area contributed by atoms with Gasteiger partial charge in [-0.05, 0) is 119 Å². The van der Waals surface area contributed by atoms with Gasteiger partial charge in [0.15, 0.2) is 0 Å². The quantitative estimate of drug-likeness (QED) is 0.485. The Bertz CT molecular complexity index is 787. The Morgan fingerprint density at radius 2 is 1.77 bits per heavy atom. The molecule has 2 heteroatoms. The molecule has 0 bridgehead atoms. The van der Waals surface area contributed by atoms with Crippen molar-refractivity contribution in [3.05, 3.63) is 23.3 Å². The van der Waals surface area contributed by atoms with E-state index in [2.05, 4.69) is 46.8 Å². The van der Waals surface area contributed by atoms with Crippen LogP contribution in [-0.2, 0) is 0 Å². The summed E-state index contributed by atoms with van der Waals surface area (Å²) in [6.45, 7) is 11.7. The first-order valence-corrected chi connectivity index (χ1v) is 13.3. The number of allylic oxidation sites excluding steroid dienone is 3. The molecule has 0 unspecified atom stereocenters. The highest BCUT2D eigenvalue weighted by Gasteiger charge is 2.67. The Morgan fingerprint density at radius 3 is 2.45 bits per heavy atom. The second kappa shape index (κ2) is 7.20. The Balaban J connectivity index is 1.41. The van der Waals surface area contributed by atoms with Gasteiger partial charge in [0.1, 0.15) is 0 Å². The highest BCUT2D eigenvalue weighted by molar-refractivity contribution is 5.37. The van der Waals surface area contributed by atoms with Crippen LogP contribution in [0.2, 0.25) is 0 Å². The molecular weight excluding hydrogens is 380 g/mol. The lowest BCUT2D eigenvalue weighted by Gasteiger charge is -2.61. The third kappa shape index (κ3) is 2.96. The Morgan fingerprint density at radius 1 is 1.06 bits per heavy atom. The van der Waals surface area contributed by atoms with Crippen molar-refractivity contribution in [3.8, 4) is 0 Å². The van der Waals surface area contributed by atoms with Crippen LogP contribution >= 0.6 is 0 Å². The van der Waals surface area contributed by atoms with E-state index in [0.29, 0.717) is 11.8 Å². The fourth-order valence-electron chi connectivity index (χ4n) is 9.54. The first-order valence-electron chi connectivity index (χ1n) is 13.3. The van der Waals surface area contributed by atoms with E-state index in [1.807, 2.05) is 0 Å². The van der Waals surface area contributed by atoms with Gasteiger partial charge < -0.3 is 10.2 Å². The molecule has 5 aliphatic rings. The lowest BCUT2D eigenvalue weighted by Crippen LogP contribution is -2.57. The molecule has 2 nitrogen and oxygen atoms in total. The van der Waals surface area contributed by atoms with Crippen molar-refractivity contribution >= 4 is 0 Å². The van der Waals surface area contributed by atoms with E-state index in [9.17, 15) is 10.2 Å². The van der Waals surface area contributed by atoms with Crippen LogP contribution in [0.5, 0.6) is 0 Å². The second-order valence-electron chi connectivity index (χ2n) is 13.0. The zero-order valence-electron chi connectivity index (χ0n) is 20.7. The fourth-order valence-corrected chi connectivity index (χ4v) is 9.54. The van der Waals surface area contributed by atoms with Gasteiger partial charge in [-0.2, -0.15) is 0 Å². The average molecular weight is 427 g/mol. The van der Waals surface area contributed by atoms with Crippen LogP contribution in [0.4, 0.5) is 0 Å². The summed E-state index contributed by atoms with van der Waals surface area (Å²) in [5, 5.41) is 22.9. The lowest BCUT2D eigenvalue weighted by atomic mass is 9.45. The predicted octanol–water partition coefficient (Wildman–Crippen LogP) is 6.81. The molecule has 31 heavy (non-hydrogen) atoms. The summed E-state index contributed by atoms with van der Waals surface area (Å²) in [5.74, 6) is 2.48. The average Bonchev–Trinajstić information content (AvgIpc) is 3.45. The van der Waals surface area contributed by atoms with E-state index in [1.165, 1.54) is 44.1 Å². The van der Waals surface area contributed by atoms with E-state index in [-0.39, 0.29) is 22.3 Å². The molecule has 174 valence electrons. The van der Waals surface area contributed by atoms with Crippen molar-refractivity contribution in [1.82, 2.24) is 0 Å². The molecule has 4 fully saturated rings. The van der Waals surface area contributed by atoms with E-state index < -0.39 is 5.60 Å². The third-order valence-corrected chi connectivity index (χ3v) is 11.5. The molecular formula is C29H46O2. The minimum absolute atomic E-state index is 0.0612. The van der Waals surface area contributed by atoms with Crippen molar-refractivity contribution in [2.75, 3.05) is 0 Å². The number of rotatable bonds is 4. The van der Waals surface area contributed by atoms with E-state index in [4.69, 9.17) is 0 Å². The molecule has 1 spiro atoms. The second-order valence-corrected chi connectivity index (χ2v) is 13.0. The zero-order valence-corrected chi connectivity index (χ0v) is 20.7. The molecule has 5 aliphatic carbocycles. The summed E-state index contributed by atoms with van der Waals surface area (Å²) >= 11 is 0. The standard InChI is InChI=1S/C29H46O2/c1-19(2)7-6-8-20(3)29(31)16-12-23-21-9-10-24-26(4,22(21)11-15-27(23,29)5)14-13-25(30)28(24)17-18-28/h7,10,20-23,25,30-31H,6,8-9,11-18H2,1-5H3/t20-,21-,22+,23+,25+,26-,27+,29+/m1/s1. The monoisotopic (exact) mass is 426 g/mol. The van der Waals surface area contributed by atoms with Crippen LogP contribution < -0.4 is 0 Å². The molecule has 0 aromatic heterocycles. The van der Waals surface area contributed by atoms with Gasteiger partial charge in [0.2, 0.25) is 0 Å². The van der Waals surface area contributed by atoms with Gasteiger partial charge in [-0.1, -0.05) is 44.1 Å². The minimum atomic E-state index is -0.510. The van der Waals surface area contributed by atoms with E-state index in [1.54, 1.807) is 5.57 Å². The normalized spacial score (nSPS) is 48.3. The summed E-state index contributed by atoms with van der Waals surface area (Å²) in [5.41, 5.74) is 3.02. The smallest absolute Gasteiger partial charge is 0.0729 e. The molecule has 0 saturated heterocycles. The van der Waals surface area contributed by atoms with Crippen LogP contribution in [0.25, 0.3) is 0 Å². The Hall–Kier alpha value is -0.600. The number of aliphatic hydroxyl groups excluding tert-OH is 1. The van der Waals surface area contributed by atoms with Crippen molar-refractivity contribution in [1.29, 1.82) is 0 Å². The van der Waals surface area contributed by atoms with E-state index >= 15 is 0 Å².